The third-order valence-electron chi connectivity index (χ3n) is 1.88. The van der Waals surface area contributed by atoms with Crippen LogP contribution in [0.3, 0.4) is 0 Å². The predicted octanol–water partition coefficient (Wildman–Crippen LogP) is 2.20. The quantitative estimate of drug-likeness (QED) is 0.370. The van der Waals surface area contributed by atoms with Gasteiger partial charge in [-0.1, -0.05) is 24.6 Å². The Hall–Kier alpha value is -0.710. The smallest absolute Gasteiger partial charge is 0.247 e. The SMILES string of the molecule is CCC(Sc1cccc(Cl)c1)C(=O)NN. The van der Waals surface area contributed by atoms with Crippen LogP contribution in [0.4, 0.5) is 0 Å². The number of nitrogens with two attached hydrogens (primary N) is 1. The average Bonchev–Trinajstić information content (AvgIpc) is 2.25. The number of hydrazine groups is 1. The van der Waals surface area contributed by atoms with Crippen LogP contribution in [0.1, 0.15) is 13.3 Å². The Kier molecular flexibility index (Phi) is 4.94. The molecule has 1 amide bonds. The van der Waals surface area contributed by atoms with Crippen LogP contribution >= 0.6 is 23.4 Å². The van der Waals surface area contributed by atoms with Crippen molar-refractivity contribution in [2.45, 2.75) is 23.5 Å². The summed E-state index contributed by atoms with van der Waals surface area (Å²) in [5.74, 6) is 4.93. The number of nitrogens with one attached hydrogen (secondary N) is 1. The molecule has 0 aliphatic carbocycles. The van der Waals surface area contributed by atoms with Crippen LogP contribution in [0.25, 0.3) is 0 Å². The van der Waals surface area contributed by atoms with Crippen molar-refractivity contribution in [1.29, 1.82) is 0 Å². The summed E-state index contributed by atoms with van der Waals surface area (Å²) in [4.78, 5) is 12.3. The highest BCUT2D eigenvalue weighted by Crippen LogP contribution is 2.27. The van der Waals surface area contributed by atoms with E-state index in [9.17, 15) is 4.79 Å². The molecule has 5 heteroatoms. The molecule has 0 aromatic heterocycles. The summed E-state index contributed by atoms with van der Waals surface area (Å²) >= 11 is 7.31. The van der Waals surface area contributed by atoms with Gasteiger partial charge in [-0.15, -0.1) is 11.8 Å². The van der Waals surface area contributed by atoms with Crippen LogP contribution in [0.5, 0.6) is 0 Å². The Morgan fingerprint density at radius 2 is 2.40 bits per heavy atom. The lowest BCUT2D eigenvalue weighted by atomic mass is 10.3. The largest absolute Gasteiger partial charge is 0.293 e. The maximum atomic E-state index is 11.3. The number of hydrogen-bond acceptors (Lipinski definition) is 3. The van der Waals surface area contributed by atoms with E-state index in [1.807, 2.05) is 25.1 Å². The second-order valence-electron chi connectivity index (χ2n) is 2.98. The van der Waals surface area contributed by atoms with Gasteiger partial charge in [-0.3, -0.25) is 10.2 Å². The van der Waals surface area contributed by atoms with Gasteiger partial charge in [-0.05, 0) is 24.6 Å². The lowest BCUT2D eigenvalue weighted by Gasteiger charge is -2.12. The Balaban J connectivity index is 2.70. The molecule has 0 heterocycles. The van der Waals surface area contributed by atoms with E-state index < -0.39 is 0 Å². The number of amides is 1. The van der Waals surface area contributed by atoms with Gasteiger partial charge >= 0.3 is 0 Å². The van der Waals surface area contributed by atoms with Crippen LogP contribution in [0, 0.1) is 0 Å². The van der Waals surface area contributed by atoms with E-state index in [1.165, 1.54) is 11.8 Å². The van der Waals surface area contributed by atoms with Crippen LogP contribution in [0.2, 0.25) is 5.02 Å². The number of halogens is 1. The minimum Gasteiger partial charge on any atom is -0.293 e. The van der Waals surface area contributed by atoms with Crippen LogP contribution in [-0.2, 0) is 4.79 Å². The summed E-state index contributed by atoms with van der Waals surface area (Å²) in [6.45, 7) is 1.94. The zero-order valence-electron chi connectivity index (χ0n) is 8.37. The van der Waals surface area contributed by atoms with E-state index in [0.717, 1.165) is 11.3 Å². The molecular formula is C10H13ClN2OS. The van der Waals surface area contributed by atoms with Crippen LogP contribution < -0.4 is 11.3 Å². The standard InChI is InChI=1S/C10H13ClN2OS/c1-2-9(10(14)13-12)15-8-5-3-4-7(11)6-8/h3-6,9H,2,12H2,1H3,(H,13,14). The first-order chi connectivity index (χ1) is 7.17. The molecule has 1 unspecified atom stereocenters. The summed E-state index contributed by atoms with van der Waals surface area (Å²) in [6, 6.07) is 7.41. The summed E-state index contributed by atoms with van der Waals surface area (Å²) in [7, 11) is 0. The highest BCUT2D eigenvalue weighted by atomic mass is 35.5. The first-order valence-corrected chi connectivity index (χ1v) is 5.85. The molecule has 0 spiro atoms. The van der Waals surface area contributed by atoms with Crippen molar-refractivity contribution in [3.8, 4) is 0 Å². The molecule has 0 bridgehead atoms. The Labute approximate surface area is 98.3 Å². The lowest BCUT2D eigenvalue weighted by Crippen LogP contribution is -2.37. The first-order valence-electron chi connectivity index (χ1n) is 4.60. The van der Waals surface area contributed by atoms with Gasteiger partial charge in [0.25, 0.3) is 0 Å². The van der Waals surface area contributed by atoms with Gasteiger partial charge in [0.2, 0.25) is 5.91 Å². The van der Waals surface area contributed by atoms with Crippen molar-refractivity contribution in [3.05, 3.63) is 29.3 Å². The zero-order chi connectivity index (χ0) is 11.3. The molecule has 1 aromatic carbocycles. The molecule has 3 nitrogen and oxygen atoms in total. The Morgan fingerprint density at radius 3 is 2.93 bits per heavy atom. The summed E-state index contributed by atoms with van der Waals surface area (Å²) < 4.78 is 0. The third kappa shape index (κ3) is 3.74. The van der Waals surface area contributed by atoms with Gasteiger partial charge in [0, 0.05) is 9.92 Å². The fourth-order valence-electron chi connectivity index (χ4n) is 1.12. The molecule has 0 saturated heterocycles. The molecule has 1 atom stereocenters. The molecule has 1 rings (SSSR count). The van der Waals surface area contributed by atoms with Crippen LogP contribution in [-0.4, -0.2) is 11.2 Å². The molecule has 0 aliphatic rings. The monoisotopic (exact) mass is 244 g/mol. The molecular weight excluding hydrogens is 232 g/mol. The van der Waals surface area contributed by atoms with Gasteiger partial charge in [0.1, 0.15) is 0 Å². The predicted molar refractivity (Wildman–Crippen MR) is 63.7 cm³/mol. The fourth-order valence-corrected chi connectivity index (χ4v) is 2.40. The molecule has 0 aliphatic heterocycles. The minimum atomic E-state index is -0.173. The summed E-state index contributed by atoms with van der Waals surface area (Å²) in [5.41, 5.74) is 2.16. The number of carbonyl (C=O) groups is 1. The Morgan fingerprint density at radius 1 is 1.67 bits per heavy atom. The van der Waals surface area contributed by atoms with Crippen molar-refractivity contribution in [1.82, 2.24) is 5.43 Å². The average molecular weight is 245 g/mol. The van der Waals surface area contributed by atoms with Crippen molar-refractivity contribution >= 4 is 29.3 Å². The second-order valence-corrected chi connectivity index (χ2v) is 4.69. The number of carbonyl (C=O) groups excluding carboxylic acids is 1. The normalized spacial score (nSPS) is 12.2. The summed E-state index contributed by atoms with van der Waals surface area (Å²) in [6.07, 6.45) is 0.722. The van der Waals surface area contributed by atoms with E-state index in [-0.39, 0.29) is 11.2 Å². The van der Waals surface area contributed by atoms with Gasteiger partial charge in [-0.2, -0.15) is 0 Å². The summed E-state index contributed by atoms with van der Waals surface area (Å²) in [5, 5.41) is 0.497. The number of rotatable bonds is 4. The fraction of sp³-hybridized carbons (Fsp3) is 0.300. The van der Waals surface area contributed by atoms with E-state index in [2.05, 4.69) is 5.43 Å². The highest BCUT2D eigenvalue weighted by Gasteiger charge is 2.16. The molecule has 0 fully saturated rings. The third-order valence-corrected chi connectivity index (χ3v) is 3.47. The van der Waals surface area contributed by atoms with E-state index in [0.29, 0.717) is 5.02 Å². The van der Waals surface area contributed by atoms with E-state index >= 15 is 0 Å². The first kappa shape index (κ1) is 12.4. The number of thioether (sulfide) groups is 1. The van der Waals surface area contributed by atoms with Gasteiger partial charge in [-0.25, -0.2) is 5.84 Å². The van der Waals surface area contributed by atoms with Crippen LogP contribution in [0.15, 0.2) is 29.2 Å². The van der Waals surface area contributed by atoms with Gasteiger partial charge in [0.15, 0.2) is 0 Å². The van der Waals surface area contributed by atoms with Crippen molar-refractivity contribution in [2.75, 3.05) is 0 Å². The van der Waals surface area contributed by atoms with E-state index in [1.54, 1.807) is 6.07 Å². The number of hydrogen-bond donors (Lipinski definition) is 2. The van der Waals surface area contributed by atoms with Crippen molar-refractivity contribution in [3.63, 3.8) is 0 Å². The van der Waals surface area contributed by atoms with Crippen molar-refractivity contribution in [2.24, 2.45) is 5.84 Å². The lowest BCUT2D eigenvalue weighted by molar-refractivity contribution is -0.120. The molecule has 15 heavy (non-hydrogen) atoms. The zero-order valence-corrected chi connectivity index (χ0v) is 9.94. The maximum absolute atomic E-state index is 11.3. The minimum absolute atomic E-state index is 0.164. The topological polar surface area (TPSA) is 55.1 Å². The maximum Gasteiger partial charge on any atom is 0.247 e. The molecule has 82 valence electrons. The second kappa shape index (κ2) is 6.00. The Bertz CT molecular complexity index is 346. The molecule has 0 radical (unpaired) electrons. The van der Waals surface area contributed by atoms with Gasteiger partial charge in [0.05, 0.1) is 5.25 Å². The number of benzene rings is 1. The van der Waals surface area contributed by atoms with Crippen molar-refractivity contribution < 1.29 is 4.79 Å². The molecule has 3 N–H and O–H groups in total. The highest BCUT2D eigenvalue weighted by molar-refractivity contribution is 8.00. The molecule has 1 aromatic rings. The molecule has 0 saturated carbocycles. The van der Waals surface area contributed by atoms with Gasteiger partial charge < -0.3 is 0 Å². The van der Waals surface area contributed by atoms with E-state index in [4.69, 9.17) is 17.4 Å².